The van der Waals surface area contributed by atoms with Gasteiger partial charge in [0, 0.05) is 18.7 Å². The first-order chi connectivity index (χ1) is 8.54. The van der Waals surface area contributed by atoms with Crippen molar-refractivity contribution < 1.29 is 18.6 Å². The monoisotopic (exact) mass is 259 g/mol. The van der Waals surface area contributed by atoms with Crippen LogP contribution in [0.3, 0.4) is 0 Å². The van der Waals surface area contributed by atoms with Crippen molar-refractivity contribution in [3.05, 3.63) is 28.8 Å². The van der Waals surface area contributed by atoms with Gasteiger partial charge in [0.1, 0.15) is 5.75 Å². The number of hydrogen-bond donors (Lipinski definition) is 2. The Morgan fingerprint density at radius 2 is 1.94 bits per heavy atom. The first-order valence-corrected chi connectivity index (χ1v) is 5.91. The minimum Gasteiger partial charge on any atom is -0.434 e. The molecule has 3 nitrogen and oxygen atoms in total. The first kappa shape index (κ1) is 14.9. The van der Waals surface area contributed by atoms with Gasteiger partial charge in [-0.2, -0.15) is 8.78 Å². The lowest BCUT2D eigenvalue weighted by Crippen LogP contribution is -2.17. The lowest BCUT2D eigenvalue weighted by atomic mass is 10.0. The van der Waals surface area contributed by atoms with E-state index in [2.05, 4.69) is 10.1 Å². The van der Waals surface area contributed by atoms with Crippen molar-refractivity contribution in [1.82, 2.24) is 5.32 Å². The lowest BCUT2D eigenvalue weighted by molar-refractivity contribution is -0.0505. The molecule has 0 spiro atoms. The summed E-state index contributed by atoms with van der Waals surface area (Å²) in [6, 6.07) is 3.48. The Bertz CT molecular complexity index is 383. The van der Waals surface area contributed by atoms with Crippen LogP contribution in [-0.2, 0) is 6.54 Å². The zero-order chi connectivity index (χ0) is 13.5. The molecule has 102 valence electrons. The highest BCUT2D eigenvalue weighted by Crippen LogP contribution is 2.24. The number of hydrogen-bond acceptors (Lipinski definition) is 3. The number of aliphatic hydroxyl groups excluding tert-OH is 1. The highest BCUT2D eigenvalue weighted by atomic mass is 19.3. The Morgan fingerprint density at radius 3 is 2.56 bits per heavy atom. The molecule has 0 aliphatic carbocycles. The van der Waals surface area contributed by atoms with Crippen molar-refractivity contribution >= 4 is 0 Å². The van der Waals surface area contributed by atoms with Gasteiger partial charge in [-0.3, -0.25) is 0 Å². The van der Waals surface area contributed by atoms with Crippen LogP contribution in [0.1, 0.15) is 23.1 Å². The number of rotatable bonds is 7. The number of benzene rings is 1. The van der Waals surface area contributed by atoms with Crippen LogP contribution < -0.4 is 10.1 Å². The first-order valence-electron chi connectivity index (χ1n) is 5.91. The second-order valence-corrected chi connectivity index (χ2v) is 4.18. The molecule has 0 radical (unpaired) electrons. The number of nitrogens with one attached hydrogen (secondary N) is 1. The quantitative estimate of drug-likeness (QED) is 0.739. The van der Waals surface area contributed by atoms with Crippen molar-refractivity contribution in [2.75, 3.05) is 13.2 Å². The SMILES string of the molecule is Cc1cc(CNCCCO)c(OC(F)F)cc1C. The maximum absolute atomic E-state index is 12.3. The number of alkyl halides is 2. The van der Waals surface area contributed by atoms with Gasteiger partial charge in [-0.05, 0) is 44.0 Å². The summed E-state index contributed by atoms with van der Waals surface area (Å²) in [5.74, 6) is 0.213. The van der Waals surface area contributed by atoms with Crippen molar-refractivity contribution in [3.63, 3.8) is 0 Å². The van der Waals surface area contributed by atoms with Gasteiger partial charge in [0.25, 0.3) is 0 Å². The minimum absolute atomic E-state index is 0.111. The van der Waals surface area contributed by atoms with E-state index in [-0.39, 0.29) is 12.4 Å². The Kier molecular flexibility index (Phi) is 6.01. The zero-order valence-electron chi connectivity index (χ0n) is 10.7. The Balaban J connectivity index is 2.76. The molecule has 0 unspecified atom stereocenters. The van der Waals surface area contributed by atoms with Crippen LogP contribution in [0.5, 0.6) is 5.75 Å². The van der Waals surface area contributed by atoms with E-state index in [0.29, 0.717) is 25.1 Å². The smallest absolute Gasteiger partial charge is 0.387 e. The van der Waals surface area contributed by atoms with E-state index in [9.17, 15) is 8.78 Å². The average molecular weight is 259 g/mol. The molecule has 0 heterocycles. The predicted molar refractivity (Wildman–Crippen MR) is 66.0 cm³/mol. The highest BCUT2D eigenvalue weighted by molar-refractivity contribution is 5.41. The van der Waals surface area contributed by atoms with Gasteiger partial charge in [0.05, 0.1) is 0 Å². The molecule has 18 heavy (non-hydrogen) atoms. The summed E-state index contributed by atoms with van der Waals surface area (Å²) >= 11 is 0. The summed E-state index contributed by atoms with van der Waals surface area (Å²) in [6.45, 7) is 2.17. The third-order valence-corrected chi connectivity index (χ3v) is 2.72. The third-order valence-electron chi connectivity index (χ3n) is 2.72. The number of ether oxygens (including phenoxy) is 1. The van der Waals surface area contributed by atoms with Gasteiger partial charge < -0.3 is 15.2 Å². The fraction of sp³-hybridized carbons (Fsp3) is 0.538. The summed E-state index contributed by atoms with van der Waals surface area (Å²) in [7, 11) is 0. The topological polar surface area (TPSA) is 41.5 Å². The van der Waals surface area contributed by atoms with Crippen molar-refractivity contribution in [2.24, 2.45) is 0 Å². The van der Waals surface area contributed by atoms with Crippen molar-refractivity contribution in [3.8, 4) is 5.75 Å². The molecular formula is C13H19F2NO2. The fourth-order valence-corrected chi connectivity index (χ4v) is 1.62. The van der Waals surface area contributed by atoms with E-state index < -0.39 is 6.61 Å². The number of halogens is 2. The Morgan fingerprint density at radius 1 is 1.28 bits per heavy atom. The second kappa shape index (κ2) is 7.28. The molecule has 2 N–H and O–H groups in total. The van der Waals surface area contributed by atoms with Crippen LogP contribution in [0.2, 0.25) is 0 Å². The highest BCUT2D eigenvalue weighted by Gasteiger charge is 2.11. The van der Waals surface area contributed by atoms with E-state index in [1.807, 2.05) is 19.9 Å². The van der Waals surface area contributed by atoms with E-state index in [1.54, 1.807) is 6.07 Å². The van der Waals surface area contributed by atoms with Gasteiger partial charge in [0.2, 0.25) is 0 Å². The third kappa shape index (κ3) is 4.58. The molecule has 1 aromatic rings. The van der Waals surface area contributed by atoms with Gasteiger partial charge in [-0.15, -0.1) is 0 Å². The van der Waals surface area contributed by atoms with Crippen LogP contribution in [0, 0.1) is 13.8 Å². The summed E-state index contributed by atoms with van der Waals surface area (Å²) in [5.41, 5.74) is 2.66. The standard InChI is InChI=1S/C13H19F2NO2/c1-9-6-11(8-16-4-3-5-17)12(7-10(9)2)18-13(14)15/h6-7,13,16-17H,3-5,8H2,1-2H3. The van der Waals surface area contributed by atoms with Crippen LogP contribution in [0.15, 0.2) is 12.1 Å². The fourth-order valence-electron chi connectivity index (χ4n) is 1.62. The largest absolute Gasteiger partial charge is 0.434 e. The summed E-state index contributed by atoms with van der Waals surface area (Å²) in [6.07, 6.45) is 0.635. The summed E-state index contributed by atoms with van der Waals surface area (Å²) < 4.78 is 29.1. The molecule has 0 saturated carbocycles. The van der Waals surface area contributed by atoms with E-state index >= 15 is 0 Å². The van der Waals surface area contributed by atoms with Gasteiger partial charge in [-0.1, -0.05) is 6.07 Å². The second-order valence-electron chi connectivity index (χ2n) is 4.18. The maximum atomic E-state index is 12.3. The van der Waals surface area contributed by atoms with Crippen LogP contribution in [0.4, 0.5) is 8.78 Å². The average Bonchev–Trinajstić information content (AvgIpc) is 2.30. The van der Waals surface area contributed by atoms with E-state index in [0.717, 1.165) is 11.1 Å². The normalized spacial score (nSPS) is 11.0. The van der Waals surface area contributed by atoms with E-state index in [4.69, 9.17) is 5.11 Å². The van der Waals surface area contributed by atoms with Crippen LogP contribution in [-0.4, -0.2) is 24.9 Å². The number of aliphatic hydroxyl groups is 1. The predicted octanol–water partition coefficient (Wildman–Crippen LogP) is 2.38. The molecule has 0 aliphatic heterocycles. The van der Waals surface area contributed by atoms with E-state index in [1.165, 1.54) is 0 Å². The molecule has 1 rings (SSSR count). The summed E-state index contributed by atoms with van der Waals surface area (Å²) in [5, 5.41) is 11.7. The zero-order valence-corrected chi connectivity index (χ0v) is 10.7. The van der Waals surface area contributed by atoms with Crippen LogP contribution >= 0.6 is 0 Å². The molecule has 0 atom stereocenters. The molecule has 0 fully saturated rings. The maximum Gasteiger partial charge on any atom is 0.387 e. The van der Waals surface area contributed by atoms with Gasteiger partial charge in [0.15, 0.2) is 0 Å². The van der Waals surface area contributed by atoms with Gasteiger partial charge in [-0.25, -0.2) is 0 Å². The number of aryl methyl sites for hydroxylation is 2. The van der Waals surface area contributed by atoms with Gasteiger partial charge >= 0.3 is 6.61 Å². The molecule has 5 heteroatoms. The Hall–Kier alpha value is -1.20. The molecule has 0 bridgehead atoms. The summed E-state index contributed by atoms with van der Waals surface area (Å²) in [4.78, 5) is 0. The molecular weight excluding hydrogens is 240 g/mol. The Labute approximate surface area is 106 Å². The molecule has 0 amide bonds. The molecule has 0 aliphatic rings. The van der Waals surface area contributed by atoms with Crippen molar-refractivity contribution in [1.29, 1.82) is 0 Å². The minimum atomic E-state index is -2.82. The molecule has 0 aromatic heterocycles. The molecule has 1 aromatic carbocycles. The lowest BCUT2D eigenvalue weighted by Gasteiger charge is -2.14. The van der Waals surface area contributed by atoms with Crippen LogP contribution in [0.25, 0.3) is 0 Å². The van der Waals surface area contributed by atoms with Crippen molar-refractivity contribution in [2.45, 2.75) is 33.4 Å². The molecule has 0 saturated heterocycles.